The molecule has 1 aromatic heterocycles. The normalized spacial score (nSPS) is 10.6. The van der Waals surface area contributed by atoms with Crippen LogP contribution in [0, 0.1) is 0 Å². The second-order valence-corrected chi connectivity index (χ2v) is 7.76. The number of nitrogens with one attached hydrogen (secondary N) is 2. The zero-order valence-electron chi connectivity index (χ0n) is 16.4. The van der Waals surface area contributed by atoms with Crippen LogP contribution in [-0.2, 0) is 9.59 Å². The average molecular weight is 492 g/mol. The van der Waals surface area contributed by atoms with E-state index >= 15 is 0 Å². The minimum atomic E-state index is -1.01. The fourth-order valence-electron chi connectivity index (χ4n) is 2.39. The zero-order chi connectivity index (χ0) is 23.1. The number of methoxy groups -OCH3 is 1. The van der Waals surface area contributed by atoms with Crippen LogP contribution in [-0.4, -0.2) is 31.1 Å². The van der Waals surface area contributed by atoms with Gasteiger partial charge < -0.3 is 14.8 Å². The number of halogens is 2. The highest BCUT2D eigenvalue weighted by atomic mass is 35.5. The molecule has 0 unspecified atom stereocenters. The molecule has 2 aromatic carbocycles. The van der Waals surface area contributed by atoms with Crippen LogP contribution in [0.25, 0.3) is 0 Å². The largest absolute Gasteiger partial charge is 0.493 e. The Hall–Kier alpha value is -3.40. The van der Waals surface area contributed by atoms with Crippen molar-refractivity contribution >= 4 is 64.2 Å². The van der Waals surface area contributed by atoms with Crippen molar-refractivity contribution in [3.05, 3.63) is 74.4 Å². The fraction of sp³-hybridized carbons (Fsp3) is 0.0476. The first-order chi connectivity index (χ1) is 15.4. The van der Waals surface area contributed by atoms with Crippen LogP contribution in [0.5, 0.6) is 11.5 Å². The number of anilines is 1. The molecule has 8 nitrogen and oxygen atoms in total. The van der Waals surface area contributed by atoms with Gasteiger partial charge in [-0.2, -0.15) is 5.10 Å². The predicted molar refractivity (Wildman–Crippen MR) is 123 cm³/mol. The third-order valence-electron chi connectivity index (χ3n) is 3.90. The van der Waals surface area contributed by atoms with Gasteiger partial charge >= 0.3 is 17.8 Å². The van der Waals surface area contributed by atoms with E-state index in [2.05, 4.69) is 15.8 Å². The number of nitrogens with zero attached hydrogens (tertiary/aromatic N) is 1. The molecule has 0 spiro atoms. The summed E-state index contributed by atoms with van der Waals surface area (Å²) >= 11 is 13.1. The summed E-state index contributed by atoms with van der Waals surface area (Å²) in [7, 11) is 1.42. The van der Waals surface area contributed by atoms with Crippen molar-refractivity contribution in [2.45, 2.75) is 0 Å². The second-order valence-electron chi connectivity index (χ2n) is 6.03. The van der Waals surface area contributed by atoms with Gasteiger partial charge in [-0.15, -0.1) is 11.3 Å². The van der Waals surface area contributed by atoms with E-state index in [4.69, 9.17) is 32.7 Å². The van der Waals surface area contributed by atoms with Gasteiger partial charge in [0.2, 0.25) is 0 Å². The minimum absolute atomic E-state index is 0.116. The van der Waals surface area contributed by atoms with Gasteiger partial charge in [-0.05, 0) is 47.3 Å². The van der Waals surface area contributed by atoms with E-state index in [-0.39, 0.29) is 21.5 Å². The smallest absolute Gasteiger partial charge is 0.353 e. The van der Waals surface area contributed by atoms with E-state index < -0.39 is 17.8 Å². The average Bonchev–Trinajstić information content (AvgIpc) is 3.33. The molecule has 0 saturated heterocycles. The molecule has 0 aliphatic rings. The van der Waals surface area contributed by atoms with E-state index in [1.807, 2.05) is 0 Å². The third kappa shape index (κ3) is 5.85. The van der Waals surface area contributed by atoms with Crippen molar-refractivity contribution in [2.75, 3.05) is 12.4 Å². The first kappa shape index (κ1) is 23.3. The van der Waals surface area contributed by atoms with Gasteiger partial charge in [0, 0.05) is 0 Å². The van der Waals surface area contributed by atoms with Crippen molar-refractivity contribution in [3.8, 4) is 11.5 Å². The first-order valence-corrected chi connectivity index (χ1v) is 10.5. The number of carbonyl (C=O) groups excluding carboxylic acids is 3. The Bertz CT molecular complexity index is 1180. The lowest BCUT2D eigenvalue weighted by molar-refractivity contribution is -0.136. The fourth-order valence-corrected chi connectivity index (χ4v) is 3.34. The van der Waals surface area contributed by atoms with Gasteiger partial charge in [0.25, 0.3) is 0 Å². The maximum atomic E-state index is 12.1. The molecule has 2 amide bonds. The van der Waals surface area contributed by atoms with Crippen molar-refractivity contribution in [1.29, 1.82) is 0 Å². The Morgan fingerprint density at radius 3 is 2.56 bits per heavy atom. The SMILES string of the molecule is COc1cc(/C=N/NC(=O)C(=O)Nc2cccc(Cl)c2Cl)ccc1OC(=O)c1cccs1. The molecule has 0 radical (unpaired) electrons. The summed E-state index contributed by atoms with van der Waals surface area (Å²) in [5.74, 6) is -1.97. The van der Waals surface area contributed by atoms with E-state index in [1.54, 1.807) is 41.8 Å². The molecule has 0 atom stereocenters. The van der Waals surface area contributed by atoms with Crippen LogP contribution in [0.3, 0.4) is 0 Å². The molecule has 0 fully saturated rings. The van der Waals surface area contributed by atoms with Crippen LogP contribution in [0.1, 0.15) is 15.2 Å². The molecule has 3 aromatic rings. The molecule has 0 aliphatic carbocycles. The number of rotatable bonds is 6. The van der Waals surface area contributed by atoms with E-state index in [9.17, 15) is 14.4 Å². The summed E-state index contributed by atoms with van der Waals surface area (Å²) in [6.07, 6.45) is 1.30. The molecular formula is C21H15Cl2N3O5S. The quantitative estimate of drug-likeness (QED) is 0.175. The van der Waals surface area contributed by atoms with Crippen LogP contribution in [0.15, 0.2) is 59.0 Å². The molecule has 11 heteroatoms. The predicted octanol–water partition coefficient (Wildman–Crippen LogP) is 4.37. The summed E-state index contributed by atoms with van der Waals surface area (Å²) in [5.41, 5.74) is 2.83. The van der Waals surface area contributed by atoms with Crippen LogP contribution in [0.2, 0.25) is 10.0 Å². The number of hydrogen-bond acceptors (Lipinski definition) is 7. The monoisotopic (exact) mass is 491 g/mol. The number of amides is 2. The van der Waals surface area contributed by atoms with Crippen LogP contribution in [0.4, 0.5) is 5.69 Å². The van der Waals surface area contributed by atoms with Gasteiger partial charge in [-0.25, -0.2) is 10.2 Å². The van der Waals surface area contributed by atoms with Crippen LogP contribution >= 0.6 is 34.5 Å². The molecule has 0 bridgehead atoms. The summed E-state index contributed by atoms with van der Waals surface area (Å²) in [6.45, 7) is 0. The molecule has 1 heterocycles. The summed E-state index contributed by atoms with van der Waals surface area (Å²) in [4.78, 5) is 36.5. The Morgan fingerprint density at radius 1 is 1.03 bits per heavy atom. The van der Waals surface area contributed by atoms with Crippen molar-refractivity contribution < 1.29 is 23.9 Å². The van der Waals surface area contributed by atoms with Crippen molar-refractivity contribution in [3.63, 3.8) is 0 Å². The van der Waals surface area contributed by atoms with Crippen LogP contribution < -0.4 is 20.2 Å². The topological polar surface area (TPSA) is 106 Å². The zero-order valence-corrected chi connectivity index (χ0v) is 18.8. The molecule has 32 heavy (non-hydrogen) atoms. The van der Waals surface area contributed by atoms with Crippen molar-refractivity contribution in [2.24, 2.45) is 5.10 Å². The molecule has 164 valence electrons. The first-order valence-electron chi connectivity index (χ1n) is 8.91. The lowest BCUT2D eigenvalue weighted by Gasteiger charge is -2.09. The van der Waals surface area contributed by atoms with Gasteiger partial charge in [0.05, 0.1) is 29.1 Å². The number of hydrogen-bond donors (Lipinski definition) is 2. The van der Waals surface area contributed by atoms with Gasteiger partial charge in [-0.1, -0.05) is 35.3 Å². The molecular weight excluding hydrogens is 477 g/mol. The number of thiophene rings is 1. The lowest BCUT2D eigenvalue weighted by atomic mass is 10.2. The standard InChI is InChI=1S/C21H15Cl2N3O5S/c1-30-16-10-12(7-8-15(16)31-21(29)17-6-3-9-32-17)11-24-26-20(28)19(27)25-14-5-2-4-13(22)18(14)23/h2-11H,1H3,(H,25,27)(H,26,28)/b24-11+. The molecule has 0 aliphatic heterocycles. The van der Waals surface area contributed by atoms with E-state index in [0.29, 0.717) is 16.2 Å². The molecule has 2 N–H and O–H groups in total. The molecule has 0 saturated carbocycles. The maximum absolute atomic E-state index is 12.1. The number of benzene rings is 2. The summed E-state index contributed by atoms with van der Waals surface area (Å²) in [6, 6.07) is 12.7. The Kier molecular flexibility index (Phi) is 7.82. The number of esters is 1. The molecule has 3 rings (SSSR count). The van der Waals surface area contributed by atoms with E-state index in [1.165, 1.54) is 36.8 Å². The van der Waals surface area contributed by atoms with Crippen molar-refractivity contribution in [1.82, 2.24) is 5.43 Å². The Morgan fingerprint density at radius 2 is 1.84 bits per heavy atom. The van der Waals surface area contributed by atoms with Gasteiger partial charge in [0.15, 0.2) is 11.5 Å². The van der Waals surface area contributed by atoms with Gasteiger partial charge in [0.1, 0.15) is 4.88 Å². The van der Waals surface area contributed by atoms with E-state index in [0.717, 1.165) is 0 Å². The third-order valence-corrected chi connectivity index (χ3v) is 5.57. The highest BCUT2D eigenvalue weighted by molar-refractivity contribution is 7.12. The number of ether oxygens (including phenoxy) is 2. The minimum Gasteiger partial charge on any atom is -0.493 e. The Labute approximate surface area is 196 Å². The second kappa shape index (κ2) is 10.8. The number of hydrazone groups is 1. The summed E-state index contributed by atoms with van der Waals surface area (Å²) in [5, 5.41) is 8.21. The highest BCUT2D eigenvalue weighted by Gasteiger charge is 2.16. The highest BCUT2D eigenvalue weighted by Crippen LogP contribution is 2.30. The lowest BCUT2D eigenvalue weighted by Crippen LogP contribution is -2.32. The maximum Gasteiger partial charge on any atom is 0.353 e. The Balaban J connectivity index is 1.60. The summed E-state index contributed by atoms with van der Waals surface area (Å²) < 4.78 is 10.6. The van der Waals surface area contributed by atoms with Gasteiger partial charge in [-0.3, -0.25) is 9.59 Å². The number of carbonyl (C=O) groups is 3.